The van der Waals surface area contributed by atoms with Gasteiger partial charge in [0.1, 0.15) is 0 Å². The van der Waals surface area contributed by atoms with E-state index >= 15 is 0 Å². The molecule has 0 saturated carbocycles. The van der Waals surface area contributed by atoms with Crippen LogP contribution in [0, 0.1) is 59.2 Å². The zero-order chi connectivity index (χ0) is 89.2. The first-order chi connectivity index (χ1) is 50.3. The molecule has 0 aliphatic carbocycles. The molecule has 0 fully saturated rings. The summed E-state index contributed by atoms with van der Waals surface area (Å²) in [7, 11) is 0. The lowest BCUT2D eigenvalue weighted by atomic mass is 9.99. The van der Waals surface area contributed by atoms with Crippen LogP contribution in [0.15, 0.2) is 27.4 Å². The molecule has 0 aromatic carbocycles. The zero-order valence-electron chi connectivity index (χ0n) is 71.2. The van der Waals surface area contributed by atoms with E-state index in [2.05, 4.69) is 26.9 Å². The predicted octanol–water partition coefficient (Wildman–Crippen LogP) is -3.90. The molecule has 0 aromatic rings. The third-order valence-corrected chi connectivity index (χ3v) is 14.7. The summed E-state index contributed by atoms with van der Waals surface area (Å²) >= 11 is 0. The van der Waals surface area contributed by atoms with Crippen LogP contribution in [0.25, 0.3) is 0 Å². The normalized spacial score (nSPS) is 13.2. The number of nitrogens with two attached hydrogens (primary N) is 23. The fourth-order valence-corrected chi connectivity index (χ4v) is 7.71. The molecule has 47 N–H and O–H groups in total. The average Bonchev–Trinajstić information content (AvgIpc) is 0.980. The Bertz CT molecular complexity index is 2410. The molecular weight excluding hydrogens is 1410 g/mol. The Balaban J connectivity index is -0.000000127. The van der Waals surface area contributed by atoms with Crippen molar-refractivity contribution in [2.75, 3.05) is 65.4 Å². The number of Topliss-reactive ketones (excluding diaryl/α,β-unsaturated/α-hetero) is 10. The first-order valence-electron chi connectivity index (χ1n) is 37.8. The van der Waals surface area contributed by atoms with Crippen LogP contribution in [-0.2, 0) is 47.9 Å². The number of carbonyl (C=O) groups excluding carboxylic acids is 10. The van der Waals surface area contributed by atoms with E-state index in [-0.39, 0.29) is 185 Å². The van der Waals surface area contributed by atoms with Crippen molar-refractivity contribution < 1.29 is 47.9 Å². The maximum absolute atomic E-state index is 11.3. The van der Waals surface area contributed by atoms with Gasteiger partial charge in [-0.25, -0.2) is 0 Å². The Labute approximate surface area is 660 Å². The highest BCUT2D eigenvalue weighted by Gasteiger charge is 2.22. The van der Waals surface area contributed by atoms with Crippen LogP contribution >= 0.6 is 0 Å². The molecule has 0 spiro atoms. The van der Waals surface area contributed by atoms with E-state index in [0.717, 1.165) is 12.8 Å². The summed E-state index contributed by atoms with van der Waals surface area (Å²) in [5.74, 6) is 0.963. The molecule has 10 atom stereocenters. The Morgan fingerprint density at radius 1 is 0.264 bits per heavy atom. The lowest BCUT2D eigenvalue weighted by Gasteiger charge is -2.13. The number of carbonyl (C=O) groups is 10. The van der Waals surface area contributed by atoms with Gasteiger partial charge in [-0.15, -0.1) is 0 Å². The van der Waals surface area contributed by atoms with Crippen molar-refractivity contribution in [2.45, 2.75) is 250 Å². The largest absolute Gasteiger partial charge is 0.386 e. The molecule has 0 amide bonds. The highest BCUT2D eigenvalue weighted by Crippen LogP contribution is 2.07. The van der Waals surface area contributed by atoms with Gasteiger partial charge in [0.05, 0.1) is 79.3 Å². The molecule has 0 heterocycles. The second-order valence-electron chi connectivity index (χ2n) is 29.0. The highest BCUT2D eigenvalue weighted by molar-refractivity contribution is 5.90. The van der Waals surface area contributed by atoms with Crippen molar-refractivity contribution in [2.24, 2.45) is 206 Å². The summed E-state index contributed by atoms with van der Waals surface area (Å²) in [6.07, 6.45) is 5.37. The number of nitrogens with one attached hydrogen (secondary N) is 1. The standard InChI is InChI=1S/C9H19N3O.C8H18N4O.2C8H18N2O.2C7H16N4O.2C7H16N2O.2C6H14N2O/c1-6(2)9(13)8(11)4-5-12-7(3)10;1-5(2)7(13)6(9)3-4-12-8(10)11;2*1-6(2)8(11)7(10)4-3-5-9;2*1-4(2)6(12)5(8)3-11-7(9)10;2*1-5(2)7(10)6(9)3-4-8;2*1-4(2)6(9)5(8)3-7/h6,8,12H,3-5,10-11H2,1-2H3;5-6H,3-4,9H2,1-2H3,(H4,10,11,12);2*6-7H,3-5,9-10H2,1-2H3;2*4-5H,3,8H2,1-2H3,(H4,9,10,11);2*5-6H,3-4,8-9H2,1-2H3;2*4-5H,3,7-8H2,1-2H3/t8-;6-;2*7-;2*5-;2*6-;2*5-/m1010101010/s1. The van der Waals surface area contributed by atoms with Gasteiger partial charge in [0.25, 0.3) is 0 Å². The molecule has 652 valence electrons. The Hall–Kier alpha value is -6.79. The smallest absolute Gasteiger partial charge is 0.185 e. The van der Waals surface area contributed by atoms with Gasteiger partial charge in [-0.2, -0.15) is 0 Å². The quantitative estimate of drug-likeness (QED) is 0.0205. The molecule has 37 nitrogen and oxygen atoms in total. The van der Waals surface area contributed by atoms with Crippen molar-refractivity contribution in [3.05, 3.63) is 12.4 Å². The van der Waals surface area contributed by atoms with Crippen LogP contribution in [0.5, 0.6) is 0 Å². The molecular formula is C73H165N27O10. The number of ketones is 10. The van der Waals surface area contributed by atoms with Gasteiger partial charge < -0.3 is 137 Å². The zero-order valence-corrected chi connectivity index (χ0v) is 71.2. The van der Waals surface area contributed by atoms with Gasteiger partial charge in [0, 0.05) is 85.4 Å². The Morgan fingerprint density at radius 2 is 0.455 bits per heavy atom. The fraction of sp³-hybridized carbons (Fsp3) is 0.795. The van der Waals surface area contributed by atoms with Gasteiger partial charge in [0.2, 0.25) is 0 Å². The summed E-state index contributed by atoms with van der Waals surface area (Å²) in [5, 5.41) is 2.82. The van der Waals surface area contributed by atoms with E-state index in [0.29, 0.717) is 83.6 Å². The van der Waals surface area contributed by atoms with Crippen molar-refractivity contribution in [1.29, 1.82) is 0 Å². The molecule has 110 heavy (non-hydrogen) atoms. The van der Waals surface area contributed by atoms with Crippen LogP contribution in [0.1, 0.15) is 190 Å². The highest BCUT2D eigenvalue weighted by atomic mass is 16.2. The minimum atomic E-state index is -0.591. The SMILES string of the molecule is C=C(N)NCC[C@@H](N)C(=O)C(C)C.CC(C)C(=O)[C@@H](N)CCCN.CC(C)C(=O)[C@@H](N)CCN.CC(C)C(=O)[C@@H](N)CCN=C(N)N.CC(C)C(=O)[C@@H](N)CN.CC(C)C(=O)[C@@H](N)CN=C(N)N.CC(C)C(=O)[C@H](N)CCCN.CC(C)C(=O)[C@H](N)CCN.CC(C)C(=O)[C@H](N)CN.CC(C)C(=O)[C@H](N)CN=C(N)N. The average molecular weight is 1580 g/mol. The lowest BCUT2D eigenvalue weighted by Crippen LogP contribution is -2.40. The van der Waals surface area contributed by atoms with E-state index in [1.807, 2.05) is 111 Å². The van der Waals surface area contributed by atoms with Crippen LogP contribution in [0.4, 0.5) is 0 Å². The monoisotopic (exact) mass is 1580 g/mol. The molecule has 0 bridgehead atoms. The maximum Gasteiger partial charge on any atom is 0.185 e. The van der Waals surface area contributed by atoms with E-state index in [1.54, 1.807) is 27.7 Å². The van der Waals surface area contributed by atoms with Crippen molar-refractivity contribution in [3.63, 3.8) is 0 Å². The molecule has 0 saturated heterocycles. The minimum absolute atomic E-state index is 0.00329. The second-order valence-corrected chi connectivity index (χ2v) is 29.0. The molecule has 0 aliphatic heterocycles. The number of hydrogen-bond donors (Lipinski definition) is 24. The number of guanidine groups is 3. The van der Waals surface area contributed by atoms with Gasteiger partial charge in [-0.3, -0.25) is 62.9 Å². The third kappa shape index (κ3) is 79.3. The summed E-state index contributed by atoms with van der Waals surface area (Å²) < 4.78 is 0. The Morgan fingerprint density at radius 3 is 0.627 bits per heavy atom. The summed E-state index contributed by atoms with van der Waals surface area (Å²) in [6, 6.07) is -4.30. The van der Waals surface area contributed by atoms with E-state index in [4.69, 9.17) is 132 Å². The number of rotatable bonds is 43. The molecule has 0 aliphatic rings. The fourth-order valence-electron chi connectivity index (χ4n) is 7.71. The molecule has 37 heteroatoms. The van der Waals surface area contributed by atoms with Crippen molar-refractivity contribution in [1.82, 2.24) is 5.32 Å². The van der Waals surface area contributed by atoms with Gasteiger partial charge in [0.15, 0.2) is 75.7 Å². The molecule has 0 aromatic heterocycles. The molecule has 0 unspecified atom stereocenters. The topological polar surface area (TPSA) is 818 Å². The summed E-state index contributed by atoms with van der Waals surface area (Å²) in [5.41, 5.74) is 122. The van der Waals surface area contributed by atoms with E-state index in [9.17, 15) is 47.9 Å². The van der Waals surface area contributed by atoms with Gasteiger partial charge in [-0.1, -0.05) is 145 Å². The molecule has 0 rings (SSSR count). The lowest BCUT2D eigenvalue weighted by molar-refractivity contribution is -0.124. The van der Waals surface area contributed by atoms with E-state index < -0.39 is 36.3 Å². The van der Waals surface area contributed by atoms with Crippen LogP contribution in [-0.4, -0.2) is 202 Å². The number of hydrogen-bond acceptors (Lipinski definition) is 31. The van der Waals surface area contributed by atoms with Crippen molar-refractivity contribution in [3.8, 4) is 0 Å². The predicted molar refractivity (Wildman–Crippen MR) is 453 cm³/mol. The van der Waals surface area contributed by atoms with Crippen LogP contribution < -0.4 is 137 Å². The minimum Gasteiger partial charge on any atom is -0.386 e. The van der Waals surface area contributed by atoms with Crippen molar-refractivity contribution >= 4 is 75.7 Å². The number of nitrogens with zero attached hydrogens (tertiary/aromatic N) is 3. The number of aliphatic imine (C=N–C) groups is 3. The van der Waals surface area contributed by atoms with Gasteiger partial charge in [-0.05, 0) is 77.5 Å². The first-order valence-corrected chi connectivity index (χ1v) is 37.8. The molecule has 0 radical (unpaired) electrons. The third-order valence-electron chi connectivity index (χ3n) is 14.7. The first kappa shape index (κ1) is 124. The van der Waals surface area contributed by atoms with Crippen LogP contribution in [0.3, 0.4) is 0 Å². The van der Waals surface area contributed by atoms with E-state index in [1.165, 1.54) is 0 Å². The summed E-state index contributed by atoms with van der Waals surface area (Å²) in [4.78, 5) is 122. The van der Waals surface area contributed by atoms with Gasteiger partial charge >= 0.3 is 0 Å². The Kier molecular flexibility index (Phi) is 86.0. The summed E-state index contributed by atoms with van der Waals surface area (Å²) in [6.45, 7) is 44.1. The van der Waals surface area contributed by atoms with Crippen LogP contribution in [0.2, 0.25) is 0 Å². The maximum atomic E-state index is 11.3. The second kappa shape index (κ2) is 76.2.